The van der Waals surface area contributed by atoms with Crippen molar-refractivity contribution in [1.82, 2.24) is 9.55 Å². The van der Waals surface area contributed by atoms with Crippen LogP contribution in [0.15, 0.2) is 21.9 Å². The first kappa shape index (κ1) is 13.7. The van der Waals surface area contributed by atoms with E-state index in [-0.39, 0.29) is 6.61 Å². The van der Waals surface area contributed by atoms with E-state index in [0.717, 1.165) is 15.4 Å². The molecule has 0 aliphatic carbocycles. The van der Waals surface area contributed by atoms with Gasteiger partial charge in [-0.15, -0.1) is 11.7 Å². The summed E-state index contributed by atoms with van der Waals surface area (Å²) < 4.78 is 6.57. The summed E-state index contributed by atoms with van der Waals surface area (Å²) in [5, 5.41) is 18.4. The van der Waals surface area contributed by atoms with Crippen molar-refractivity contribution in [2.75, 3.05) is 6.61 Å². The Bertz CT molecular complexity index is 530. The first-order valence-electron chi connectivity index (χ1n) is 5.14. The molecule has 1 saturated heterocycles. The number of hydrogen-bond donors (Lipinski definition) is 4. The van der Waals surface area contributed by atoms with E-state index in [9.17, 15) is 14.7 Å². The zero-order valence-electron chi connectivity index (χ0n) is 9.09. The molecule has 1 aliphatic heterocycles. The van der Waals surface area contributed by atoms with Gasteiger partial charge in [0.25, 0.3) is 5.56 Å². The summed E-state index contributed by atoms with van der Waals surface area (Å²) in [7, 11) is 1.03. The third-order valence-electron chi connectivity index (χ3n) is 2.74. The maximum atomic E-state index is 11.6. The minimum absolute atomic E-state index is 0.361. The van der Waals surface area contributed by atoms with Crippen LogP contribution < -0.4 is 11.2 Å². The van der Waals surface area contributed by atoms with Crippen LogP contribution in [0.4, 0.5) is 0 Å². The monoisotopic (exact) mass is 292 g/mol. The fraction of sp³-hybridized carbons (Fsp3) is 0.556. The largest absolute Gasteiger partial charge is 0.394 e. The highest BCUT2D eigenvalue weighted by molar-refractivity contribution is 8.68. The topological polar surface area (TPSA) is 105 Å². The van der Waals surface area contributed by atoms with Crippen LogP contribution in [0.5, 0.6) is 0 Å². The molecule has 3 N–H and O–H groups in total. The number of hydrogen-bond acceptors (Lipinski definition) is 7. The average Bonchev–Trinajstić information content (AvgIpc) is 2.65. The van der Waals surface area contributed by atoms with Crippen LogP contribution in [0.25, 0.3) is 0 Å². The highest BCUT2D eigenvalue weighted by Crippen LogP contribution is 2.38. The normalized spacial score (nSPS) is 31.7. The summed E-state index contributed by atoms with van der Waals surface area (Å²) in [4.78, 5) is 24.7. The number of ether oxygens (including phenoxy) is 1. The smallest absolute Gasteiger partial charge is 0.330 e. The van der Waals surface area contributed by atoms with Gasteiger partial charge in [-0.05, 0) is 0 Å². The van der Waals surface area contributed by atoms with Gasteiger partial charge in [0, 0.05) is 12.3 Å². The molecule has 0 aromatic carbocycles. The van der Waals surface area contributed by atoms with Gasteiger partial charge in [0.2, 0.25) is 0 Å². The Balaban J connectivity index is 2.38. The third kappa shape index (κ3) is 2.36. The van der Waals surface area contributed by atoms with Crippen LogP contribution >= 0.6 is 22.5 Å². The summed E-state index contributed by atoms with van der Waals surface area (Å²) in [5.74, 6) is 0. The lowest BCUT2D eigenvalue weighted by molar-refractivity contribution is -0.0457. The second-order valence-corrected chi connectivity index (χ2v) is 5.21. The molecule has 1 fully saturated rings. The lowest BCUT2D eigenvalue weighted by atomic mass is 10.2. The van der Waals surface area contributed by atoms with Gasteiger partial charge in [-0.25, -0.2) is 4.79 Å². The molecule has 18 heavy (non-hydrogen) atoms. The van der Waals surface area contributed by atoms with Gasteiger partial charge < -0.3 is 14.9 Å². The van der Waals surface area contributed by atoms with Gasteiger partial charge in [0.05, 0.1) is 18.0 Å². The zero-order valence-corrected chi connectivity index (χ0v) is 10.8. The van der Waals surface area contributed by atoms with Crippen molar-refractivity contribution < 1.29 is 14.9 Å². The van der Waals surface area contributed by atoms with Crippen molar-refractivity contribution in [2.24, 2.45) is 0 Å². The first-order chi connectivity index (χ1) is 8.58. The van der Waals surface area contributed by atoms with Crippen molar-refractivity contribution in [3.63, 3.8) is 0 Å². The molecule has 7 nitrogen and oxygen atoms in total. The Morgan fingerprint density at radius 2 is 2.28 bits per heavy atom. The molecular formula is C9H12N2O5S2. The molecule has 1 aliphatic rings. The number of aromatic nitrogens is 2. The summed E-state index contributed by atoms with van der Waals surface area (Å²) in [5.41, 5.74) is -1.14. The van der Waals surface area contributed by atoms with E-state index in [1.165, 1.54) is 12.3 Å². The molecule has 100 valence electrons. The Hall–Kier alpha value is -0.740. The van der Waals surface area contributed by atoms with Gasteiger partial charge in [-0.2, -0.15) is 0 Å². The number of aliphatic hydroxyl groups excluding tert-OH is 2. The van der Waals surface area contributed by atoms with E-state index in [0.29, 0.717) is 0 Å². The number of thiol groups is 1. The number of nitrogens with zero attached hydrogens (tertiary/aromatic N) is 1. The number of nitrogens with one attached hydrogen (secondary N) is 1. The van der Waals surface area contributed by atoms with Crippen LogP contribution in [0.1, 0.15) is 6.23 Å². The van der Waals surface area contributed by atoms with Gasteiger partial charge >= 0.3 is 5.69 Å². The first-order valence-corrected chi connectivity index (χ1v) is 7.07. The lowest BCUT2D eigenvalue weighted by Gasteiger charge is -2.18. The molecule has 0 saturated carbocycles. The second kappa shape index (κ2) is 5.49. The molecular weight excluding hydrogens is 280 g/mol. The van der Waals surface area contributed by atoms with Crippen molar-refractivity contribution in [3.05, 3.63) is 33.1 Å². The zero-order chi connectivity index (χ0) is 13.3. The molecule has 0 amide bonds. The van der Waals surface area contributed by atoms with E-state index >= 15 is 0 Å². The van der Waals surface area contributed by atoms with Crippen LogP contribution in [0.2, 0.25) is 0 Å². The minimum atomic E-state index is -0.943. The van der Waals surface area contributed by atoms with E-state index < -0.39 is 34.9 Å². The van der Waals surface area contributed by atoms with Crippen molar-refractivity contribution >= 4 is 22.5 Å². The molecule has 4 atom stereocenters. The van der Waals surface area contributed by atoms with Crippen LogP contribution in [0.3, 0.4) is 0 Å². The van der Waals surface area contributed by atoms with E-state index in [4.69, 9.17) is 9.84 Å². The lowest BCUT2D eigenvalue weighted by Crippen LogP contribution is -2.35. The average molecular weight is 292 g/mol. The Morgan fingerprint density at radius 3 is 2.83 bits per heavy atom. The fourth-order valence-electron chi connectivity index (χ4n) is 1.83. The highest BCUT2D eigenvalue weighted by atomic mass is 33.1. The summed E-state index contributed by atoms with van der Waals surface area (Å²) in [6.45, 7) is -0.361. The quantitative estimate of drug-likeness (QED) is 0.409. The van der Waals surface area contributed by atoms with Gasteiger partial charge in [-0.3, -0.25) is 14.3 Å². The maximum Gasteiger partial charge on any atom is 0.330 e. The van der Waals surface area contributed by atoms with E-state index in [1.54, 1.807) is 0 Å². The fourth-order valence-corrected chi connectivity index (χ4v) is 3.12. The maximum absolute atomic E-state index is 11.6. The Labute approximate surface area is 111 Å². The predicted octanol–water partition coefficient (Wildman–Crippen LogP) is -1.27. The van der Waals surface area contributed by atoms with Crippen molar-refractivity contribution in [1.29, 1.82) is 0 Å². The Morgan fingerprint density at radius 1 is 1.56 bits per heavy atom. The van der Waals surface area contributed by atoms with E-state index in [2.05, 4.69) is 16.6 Å². The molecule has 0 radical (unpaired) electrons. The number of H-pyrrole nitrogens is 1. The summed E-state index contributed by atoms with van der Waals surface area (Å²) >= 11 is 4.03. The number of aromatic amines is 1. The molecule has 9 heteroatoms. The molecule has 2 rings (SSSR count). The summed E-state index contributed by atoms with van der Waals surface area (Å²) in [6.07, 6.45) is -1.22. The molecule has 0 bridgehead atoms. The number of rotatable bonds is 3. The molecule has 1 unspecified atom stereocenters. The molecule has 2 heterocycles. The Kier molecular flexibility index (Phi) is 4.17. The van der Waals surface area contributed by atoms with Crippen molar-refractivity contribution in [2.45, 2.75) is 23.7 Å². The second-order valence-electron chi connectivity index (χ2n) is 3.83. The SMILES string of the molecule is O=c1ccn([C@@H]2O[C@H](CO)[C@H](O)C2SS)c(=O)[nH]1. The minimum Gasteiger partial charge on any atom is -0.394 e. The van der Waals surface area contributed by atoms with Gasteiger partial charge in [0.1, 0.15) is 6.10 Å². The third-order valence-corrected chi connectivity index (χ3v) is 4.23. The standard InChI is InChI=1S/C9H12N2O5S2/c12-3-4-6(14)7(18-17)8(16-4)11-2-1-5(13)10-9(11)15/h1-2,4,6-8,12,14,17H,3H2,(H,10,13,15)/t4-,6+,7?,8-/m1/s1. The van der Waals surface area contributed by atoms with E-state index in [1.807, 2.05) is 0 Å². The van der Waals surface area contributed by atoms with Gasteiger partial charge in [-0.1, -0.05) is 10.8 Å². The van der Waals surface area contributed by atoms with Crippen LogP contribution in [0, 0.1) is 0 Å². The molecule has 1 aromatic rings. The van der Waals surface area contributed by atoms with Crippen molar-refractivity contribution in [3.8, 4) is 0 Å². The summed E-state index contributed by atoms with van der Waals surface area (Å²) in [6, 6.07) is 1.18. The van der Waals surface area contributed by atoms with Crippen LogP contribution in [-0.2, 0) is 4.74 Å². The highest BCUT2D eigenvalue weighted by Gasteiger charge is 2.44. The number of aliphatic hydroxyl groups is 2. The van der Waals surface area contributed by atoms with Crippen LogP contribution in [-0.4, -0.2) is 43.8 Å². The van der Waals surface area contributed by atoms with Gasteiger partial charge in [0.15, 0.2) is 6.23 Å². The predicted molar refractivity (Wildman–Crippen MR) is 68.7 cm³/mol. The molecule has 1 aromatic heterocycles. The molecule has 0 spiro atoms.